The van der Waals surface area contributed by atoms with Crippen molar-refractivity contribution in [1.82, 2.24) is 4.98 Å². The number of hydrogen-bond donors (Lipinski definition) is 0. The van der Waals surface area contributed by atoms with Crippen molar-refractivity contribution in [2.45, 2.75) is 6.42 Å². The third-order valence-corrected chi connectivity index (χ3v) is 3.65. The van der Waals surface area contributed by atoms with E-state index < -0.39 is 0 Å². The SMILES string of the molecule is COc1cc2nccc(Oc3cccc(CC=O)c3)c2cc1OC. The first kappa shape index (κ1) is 15.8. The predicted octanol–water partition coefficient (Wildman–Crippen LogP) is 3.79. The number of aldehydes is 1. The maximum atomic E-state index is 10.7. The average molecular weight is 323 g/mol. The van der Waals surface area contributed by atoms with E-state index in [1.54, 1.807) is 26.5 Å². The van der Waals surface area contributed by atoms with Gasteiger partial charge in [0.05, 0.1) is 19.7 Å². The van der Waals surface area contributed by atoms with E-state index in [0.29, 0.717) is 29.4 Å². The van der Waals surface area contributed by atoms with Crippen LogP contribution in [0.3, 0.4) is 0 Å². The number of methoxy groups -OCH3 is 2. The second-order valence-corrected chi connectivity index (χ2v) is 5.15. The minimum Gasteiger partial charge on any atom is -0.493 e. The standard InChI is InChI=1S/C19H17NO4/c1-22-18-11-15-16(12-19(18)23-2)20-8-6-17(15)24-14-5-3-4-13(10-14)7-9-21/h3-6,8-12H,7H2,1-2H3. The number of fused-ring (bicyclic) bond motifs is 1. The first-order valence-electron chi connectivity index (χ1n) is 7.46. The van der Waals surface area contributed by atoms with Gasteiger partial charge in [-0.3, -0.25) is 4.98 Å². The molecule has 0 bridgehead atoms. The molecule has 0 aliphatic heterocycles. The van der Waals surface area contributed by atoms with Crippen molar-refractivity contribution in [2.75, 3.05) is 14.2 Å². The van der Waals surface area contributed by atoms with Crippen LogP contribution in [0.15, 0.2) is 48.7 Å². The molecule has 0 fully saturated rings. The summed E-state index contributed by atoms with van der Waals surface area (Å²) in [6.07, 6.45) is 2.91. The summed E-state index contributed by atoms with van der Waals surface area (Å²) < 4.78 is 16.7. The van der Waals surface area contributed by atoms with Crippen LogP contribution in [0, 0.1) is 0 Å². The van der Waals surface area contributed by atoms with Crippen molar-refractivity contribution in [3.05, 3.63) is 54.2 Å². The fraction of sp³-hybridized carbons (Fsp3) is 0.158. The number of pyridine rings is 1. The molecule has 0 radical (unpaired) electrons. The lowest BCUT2D eigenvalue weighted by Crippen LogP contribution is -1.94. The van der Waals surface area contributed by atoms with Gasteiger partial charge in [0.1, 0.15) is 17.8 Å². The molecule has 24 heavy (non-hydrogen) atoms. The van der Waals surface area contributed by atoms with Crippen molar-refractivity contribution in [3.8, 4) is 23.0 Å². The molecule has 0 aliphatic rings. The highest BCUT2D eigenvalue weighted by atomic mass is 16.5. The Kier molecular flexibility index (Phi) is 4.61. The van der Waals surface area contributed by atoms with Gasteiger partial charge in [-0.1, -0.05) is 12.1 Å². The quantitative estimate of drug-likeness (QED) is 0.646. The molecule has 3 rings (SSSR count). The van der Waals surface area contributed by atoms with Crippen LogP contribution in [-0.4, -0.2) is 25.5 Å². The highest BCUT2D eigenvalue weighted by molar-refractivity contribution is 5.88. The van der Waals surface area contributed by atoms with E-state index in [9.17, 15) is 4.79 Å². The van der Waals surface area contributed by atoms with Gasteiger partial charge in [0.15, 0.2) is 11.5 Å². The Morgan fingerprint density at radius 3 is 2.54 bits per heavy atom. The summed E-state index contributed by atoms with van der Waals surface area (Å²) in [5.74, 6) is 2.54. The van der Waals surface area contributed by atoms with E-state index >= 15 is 0 Å². The zero-order chi connectivity index (χ0) is 16.9. The Balaban J connectivity index is 2.03. The van der Waals surface area contributed by atoms with Gasteiger partial charge in [-0.15, -0.1) is 0 Å². The molecular formula is C19H17NO4. The molecule has 0 aliphatic carbocycles. The minimum absolute atomic E-state index is 0.360. The minimum atomic E-state index is 0.360. The van der Waals surface area contributed by atoms with Crippen LogP contribution in [0.25, 0.3) is 10.9 Å². The van der Waals surface area contributed by atoms with Crippen molar-refractivity contribution in [2.24, 2.45) is 0 Å². The van der Waals surface area contributed by atoms with Gasteiger partial charge in [-0.2, -0.15) is 0 Å². The average Bonchev–Trinajstić information content (AvgIpc) is 2.61. The number of nitrogens with zero attached hydrogens (tertiary/aromatic N) is 1. The molecule has 2 aromatic carbocycles. The van der Waals surface area contributed by atoms with Crippen molar-refractivity contribution >= 4 is 17.2 Å². The third kappa shape index (κ3) is 3.15. The Morgan fingerprint density at radius 2 is 1.79 bits per heavy atom. The first-order chi connectivity index (χ1) is 11.7. The van der Waals surface area contributed by atoms with Crippen LogP contribution in [0.2, 0.25) is 0 Å². The van der Waals surface area contributed by atoms with Gasteiger partial charge in [0.2, 0.25) is 0 Å². The number of benzene rings is 2. The maximum Gasteiger partial charge on any atom is 0.162 e. The molecule has 5 heteroatoms. The summed E-state index contributed by atoms with van der Waals surface area (Å²) in [7, 11) is 3.17. The van der Waals surface area contributed by atoms with Crippen LogP contribution in [-0.2, 0) is 11.2 Å². The molecule has 0 N–H and O–H groups in total. The second-order valence-electron chi connectivity index (χ2n) is 5.15. The van der Waals surface area contributed by atoms with Gasteiger partial charge in [0.25, 0.3) is 0 Å². The number of aromatic nitrogens is 1. The van der Waals surface area contributed by atoms with E-state index in [4.69, 9.17) is 14.2 Å². The smallest absolute Gasteiger partial charge is 0.162 e. The molecule has 0 spiro atoms. The van der Waals surface area contributed by atoms with Gasteiger partial charge in [-0.25, -0.2) is 0 Å². The third-order valence-electron chi connectivity index (χ3n) is 3.65. The summed E-state index contributed by atoms with van der Waals surface area (Å²) in [5, 5.41) is 0.816. The molecule has 1 aromatic heterocycles. The van der Waals surface area contributed by atoms with Gasteiger partial charge >= 0.3 is 0 Å². The largest absolute Gasteiger partial charge is 0.493 e. The van der Waals surface area contributed by atoms with E-state index in [0.717, 1.165) is 22.8 Å². The summed E-state index contributed by atoms with van der Waals surface area (Å²) in [6.45, 7) is 0. The molecule has 0 saturated heterocycles. The van der Waals surface area contributed by atoms with Gasteiger partial charge in [-0.05, 0) is 29.8 Å². The number of ether oxygens (including phenoxy) is 3. The molecule has 5 nitrogen and oxygen atoms in total. The lowest BCUT2D eigenvalue weighted by molar-refractivity contribution is -0.107. The summed E-state index contributed by atoms with van der Waals surface area (Å²) in [4.78, 5) is 15.0. The number of carbonyl (C=O) groups excluding carboxylic acids is 1. The number of carbonyl (C=O) groups is 1. The first-order valence-corrected chi connectivity index (χ1v) is 7.46. The highest BCUT2D eigenvalue weighted by Gasteiger charge is 2.11. The summed E-state index contributed by atoms with van der Waals surface area (Å²) >= 11 is 0. The second kappa shape index (κ2) is 7.00. The van der Waals surface area contributed by atoms with E-state index in [1.807, 2.05) is 36.4 Å². The Hall–Kier alpha value is -3.08. The van der Waals surface area contributed by atoms with Crippen molar-refractivity contribution in [1.29, 1.82) is 0 Å². The van der Waals surface area contributed by atoms with E-state index in [1.165, 1.54) is 0 Å². The Labute approximate surface area is 139 Å². The van der Waals surface area contributed by atoms with Crippen LogP contribution < -0.4 is 14.2 Å². The molecule has 0 atom stereocenters. The van der Waals surface area contributed by atoms with Gasteiger partial charge < -0.3 is 19.0 Å². The fourth-order valence-electron chi connectivity index (χ4n) is 2.50. The lowest BCUT2D eigenvalue weighted by atomic mass is 10.1. The van der Waals surface area contributed by atoms with E-state index in [2.05, 4.69) is 4.98 Å². The zero-order valence-electron chi connectivity index (χ0n) is 13.5. The summed E-state index contributed by atoms with van der Waals surface area (Å²) in [6, 6.07) is 12.9. The lowest BCUT2D eigenvalue weighted by Gasteiger charge is -2.12. The topological polar surface area (TPSA) is 57.7 Å². The monoisotopic (exact) mass is 323 g/mol. The molecule has 0 amide bonds. The van der Waals surface area contributed by atoms with Crippen LogP contribution in [0.4, 0.5) is 0 Å². The van der Waals surface area contributed by atoms with Crippen LogP contribution in [0.5, 0.6) is 23.0 Å². The van der Waals surface area contributed by atoms with Crippen LogP contribution >= 0.6 is 0 Å². The molecule has 3 aromatic rings. The normalized spacial score (nSPS) is 10.4. The van der Waals surface area contributed by atoms with Crippen molar-refractivity contribution < 1.29 is 19.0 Å². The number of hydrogen-bond acceptors (Lipinski definition) is 5. The van der Waals surface area contributed by atoms with Crippen LogP contribution in [0.1, 0.15) is 5.56 Å². The molecule has 122 valence electrons. The van der Waals surface area contributed by atoms with E-state index in [-0.39, 0.29) is 0 Å². The Bertz CT molecular complexity index is 876. The zero-order valence-corrected chi connectivity index (χ0v) is 13.5. The molecule has 1 heterocycles. The maximum absolute atomic E-state index is 10.7. The van der Waals surface area contributed by atoms with Gasteiger partial charge in [0, 0.05) is 24.1 Å². The fourth-order valence-corrected chi connectivity index (χ4v) is 2.50. The van der Waals surface area contributed by atoms with Crippen molar-refractivity contribution in [3.63, 3.8) is 0 Å². The molecule has 0 saturated carbocycles. The Morgan fingerprint density at radius 1 is 1.00 bits per heavy atom. The summed E-state index contributed by atoms with van der Waals surface area (Å²) in [5.41, 5.74) is 1.65. The number of rotatable bonds is 6. The molecule has 0 unspecified atom stereocenters. The predicted molar refractivity (Wildman–Crippen MR) is 91.1 cm³/mol. The molecular weight excluding hydrogens is 306 g/mol. The highest BCUT2D eigenvalue weighted by Crippen LogP contribution is 2.36.